The average Bonchev–Trinajstić information content (AvgIpc) is 2.20. The standard InChI is InChI=1S/C10H10INO4/c11-7-2-1-6(10(14)15)5-8(7)16-4-3-9(12)13/h1-2,5H,3-4H2,(H2,12,13)(H,14,15). The van der Waals surface area contributed by atoms with Crippen molar-refractivity contribution in [2.24, 2.45) is 5.73 Å². The number of carbonyl (C=O) groups is 2. The molecular weight excluding hydrogens is 325 g/mol. The maximum absolute atomic E-state index is 10.7. The van der Waals surface area contributed by atoms with Gasteiger partial charge in [0.25, 0.3) is 0 Å². The van der Waals surface area contributed by atoms with Crippen molar-refractivity contribution in [3.63, 3.8) is 0 Å². The number of halogens is 1. The average molecular weight is 335 g/mol. The lowest BCUT2D eigenvalue weighted by atomic mass is 10.2. The maximum Gasteiger partial charge on any atom is 0.335 e. The van der Waals surface area contributed by atoms with E-state index < -0.39 is 11.9 Å². The van der Waals surface area contributed by atoms with Gasteiger partial charge in [0, 0.05) is 0 Å². The largest absolute Gasteiger partial charge is 0.492 e. The minimum atomic E-state index is -1.02. The first kappa shape index (κ1) is 12.8. The number of carboxylic acid groups (broad SMARTS) is 1. The van der Waals surface area contributed by atoms with E-state index in [1.807, 2.05) is 22.6 Å². The summed E-state index contributed by atoms with van der Waals surface area (Å²) in [7, 11) is 0. The molecule has 0 atom stereocenters. The summed E-state index contributed by atoms with van der Waals surface area (Å²) in [6.07, 6.45) is 0.105. The summed E-state index contributed by atoms with van der Waals surface area (Å²) in [6.45, 7) is 0.147. The molecule has 0 heterocycles. The van der Waals surface area contributed by atoms with E-state index >= 15 is 0 Å². The van der Waals surface area contributed by atoms with Gasteiger partial charge in [-0.25, -0.2) is 4.79 Å². The van der Waals surface area contributed by atoms with Crippen LogP contribution in [-0.2, 0) is 4.79 Å². The number of hydrogen-bond acceptors (Lipinski definition) is 3. The molecular formula is C10H10INO4. The molecule has 0 aliphatic carbocycles. The third-order valence-electron chi connectivity index (χ3n) is 1.78. The highest BCUT2D eigenvalue weighted by Crippen LogP contribution is 2.22. The van der Waals surface area contributed by atoms with Crippen LogP contribution in [0.4, 0.5) is 0 Å². The van der Waals surface area contributed by atoms with Crippen molar-refractivity contribution in [3.8, 4) is 5.75 Å². The highest BCUT2D eigenvalue weighted by atomic mass is 127. The van der Waals surface area contributed by atoms with Crippen LogP contribution in [-0.4, -0.2) is 23.6 Å². The lowest BCUT2D eigenvalue weighted by molar-refractivity contribution is -0.118. The first-order valence-electron chi connectivity index (χ1n) is 4.44. The monoisotopic (exact) mass is 335 g/mol. The SMILES string of the molecule is NC(=O)CCOc1cc(C(=O)O)ccc1I. The molecule has 0 saturated heterocycles. The van der Waals surface area contributed by atoms with Crippen LogP contribution in [0.1, 0.15) is 16.8 Å². The molecule has 0 aliphatic heterocycles. The number of carbonyl (C=O) groups excluding carboxylic acids is 1. The number of hydrogen-bond donors (Lipinski definition) is 2. The van der Waals surface area contributed by atoms with E-state index in [-0.39, 0.29) is 18.6 Å². The Bertz CT molecular complexity index is 419. The number of primary amides is 1. The minimum Gasteiger partial charge on any atom is -0.492 e. The van der Waals surface area contributed by atoms with Gasteiger partial charge >= 0.3 is 5.97 Å². The van der Waals surface area contributed by atoms with Gasteiger partial charge in [-0.3, -0.25) is 4.79 Å². The Labute approximate surface area is 106 Å². The van der Waals surface area contributed by atoms with Crippen LogP contribution in [0.15, 0.2) is 18.2 Å². The zero-order valence-corrected chi connectivity index (χ0v) is 10.4. The Morgan fingerprint density at radius 3 is 2.69 bits per heavy atom. The smallest absolute Gasteiger partial charge is 0.335 e. The molecule has 5 nitrogen and oxygen atoms in total. The number of nitrogens with two attached hydrogens (primary N) is 1. The predicted molar refractivity (Wildman–Crippen MR) is 65.4 cm³/mol. The molecule has 0 unspecified atom stereocenters. The predicted octanol–water partition coefficient (Wildman–Crippen LogP) is 1.24. The Morgan fingerprint density at radius 1 is 1.44 bits per heavy atom. The van der Waals surface area contributed by atoms with Crippen LogP contribution in [0.5, 0.6) is 5.75 Å². The second kappa shape index (κ2) is 5.69. The highest BCUT2D eigenvalue weighted by molar-refractivity contribution is 14.1. The lowest BCUT2D eigenvalue weighted by Gasteiger charge is -2.07. The summed E-state index contributed by atoms with van der Waals surface area (Å²) in [5.74, 6) is -1.03. The van der Waals surface area contributed by atoms with Crippen LogP contribution >= 0.6 is 22.6 Å². The van der Waals surface area contributed by atoms with Gasteiger partial charge in [0.15, 0.2) is 0 Å². The third kappa shape index (κ3) is 3.69. The molecule has 1 aromatic rings. The molecule has 6 heteroatoms. The molecule has 1 amide bonds. The second-order valence-electron chi connectivity index (χ2n) is 3.02. The van der Waals surface area contributed by atoms with Crippen molar-refractivity contribution in [1.29, 1.82) is 0 Å². The van der Waals surface area contributed by atoms with Crippen molar-refractivity contribution < 1.29 is 19.4 Å². The van der Waals surface area contributed by atoms with E-state index in [2.05, 4.69) is 0 Å². The van der Waals surface area contributed by atoms with Crippen LogP contribution in [0.25, 0.3) is 0 Å². The molecule has 0 bridgehead atoms. The van der Waals surface area contributed by atoms with Gasteiger partial charge in [-0.2, -0.15) is 0 Å². The van der Waals surface area contributed by atoms with Crippen LogP contribution in [0.2, 0.25) is 0 Å². The Balaban J connectivity index is 2.74. The van der Waals surface area contributed by atoms with Crippen molar-refractivity contribution >= 4 is 34.5 Å². The molecule has 0 saturated carbocycles. The Hall–Kier alpha value is -1.31. The van der Waals surface area contributed by atoms with E-state index in [1.165, 1.54) is 12.1 Å². The summed E-state index contributed by atoms with van der Waals surface area (Å²) in [5.41, 5.74) is 5.11. The van der Waals surface area contributed by atoms with E-state index in [1.54, 1.807) is 6.07 Å². The first-order chi connectivity index (χ1) is 7.50. The lowest BCUT2D eigenvalue weighted by Crippen LogP contribution is -2.15. The van der Waals surface area contributed by atoms with Crippen molar-refractivity contribution in [2.75, 3.05) is 6.61 Å². The minimum absolute atomic E-state index is 0.105. The molecule has 86 valence electrons. The maximum atomic E-state index is 10.7. The topological polar surface area (TPSA) is 89.6 Å². The molecule has 1 aromatic carbocycles. The fourth-order valence-corrected chi connectivity index (χ4v) is 1.50. The Kier molecular flexibility index (Phi) is 4.53. The highest BCUT2D eigenvalue weighted by Gasteiger charge is 2.08. The molecule has 0 spiro atoms. The Morgan fingerprint density at radius 2 is 2.12 bits per heavy atom. The molecule has 1 rings (SSSR count). The number of carboxylic acids is 1. The number of aromatic carboxylic acids is 1. The van der Waals surface area contributed by atoms with Gasteiger partial charge in [-0.15, -0.1) is 0 Å². The van der Waals surface area contributed by atoms with Gasteiger partial charge in [0.1, 0.15) is 5.75 Å². The third-order valence-corrected chi connectivity index (χ3v) is 2.68. The molecule has 0 aliphatic rings. The van der Waals surface area contributed by atoms with Gasteiger partial charge in [0.05, 0.1) is 22.2 Å². The molecule has 0 fully saturated rings. The number of benzene rings is 1. The first-order valence-corrected chi connectivity index (χ1v) is 5.52. The fourth-order valence-electron chi connectivity index (χ4n) is 1.01. The second-order valence-corrected chi connectivity index (χ2v) is 4.18. The van der Waals surface area contributed by atoms with E-state index in [0.29, 0.717) is 5.75 Å². The molecule has 0 radical (unpaired) electrons. The van der Waals surface area contributed by atoms with Crippen LogP contribution in [0, 0.1) is 3.57 Å². The zero-order chi connectivity index (χ0) is 12.1. The van der Waals surface area contributed by atoms with E-state index in [9.17, 15) is 9.59 Å². The number of rotatable bonds is 5. The molecule has 0 aromatic heterocycles. The van der Waals surface area contributed by atoms with E-state index in [0.717, 1.165) is 3.57 Å². The number of amides is 1. The molecule has 16 heavy (non-hydrogen) atoms. The quantitative estimate of drug-likeness (QED) is 0.793. The van der Waals surface area contributed by atoms with Crippen LogP contribution in [0.3, 0.4) is 0 Å². The summed E-state index contributed by atoms with van der Waals surface area (Å²) >= 11 is 2.02. The summed E-state index contributed by atoms with van der Waals surface area (Å²) in [4.78, 5) is 21.2. The van der Waals surface area contributed by atoms with Gasteiger partial charge < -0.3 is 15.6 Å². The zero-order valence-electron chi connectivity index (χ0n) is 8.27. The molecule has 3 N–H and O–H groups in total. The van der Waals surface area contributed by atoms with E-state index in [4.69, 9.17) is 15.6 Å². The van der Waals surface area contributed by atoms with Crippen molar-refractivity contribution in [1.82, 2.24) is 0 Å². The number of ether oxygens (including phenoxy) is 1. The van der Waals surface area contributed by atoms with Crippen molar-refractivity contribution in [3.05, 3.63) is 27.3 Å². The fraction of sp³-hybridized carbons (Fsp3) is 0.200. The summed E-state index contributed by atoms with van der Waals surface area (Å²) < 4.78 is 6.05. The van der Waals surface area contributed by atoms with Crippen molar-refractivity contribution in [2.45, 2.75) is 6.42 Å². The summed E-state index contributed by atoms with van der Waals surface area (Å²) in [6, 6.07) is 4.56. The summed E-state index contributed by atoms with van der Waals surface area (Å²) in [5, 5.41) is 8.78. The van der Waals surface area contributed by atoms with Gasteiger partial charge in [0.2, 0.25) is 5.91 Å². The van der Waals surface area contributed by atoms with Gasteiger partial charge in [-0.1, -0.05) is 0 Å². The van der Waals surface area contributed by atoms with Gasteiger partial charge in [-0.05, 0) is 40.8 Å². The van der Waals surface area contributed by atoms with Crippen LogP contribution < -0.4 is 10.5 Å². The normalized spacial score (nSPS) is 9.81.